The number of anilines is 1. The SMILES string of the molecule is CCN1C(=O)c2cccc3c(S(=O)(=O)NCCCCNC(=O)OC(C)(C)C)ccc1c23. The predicted octanol–water partition coefficient (Wildman–Crippen LogP) is 3.40. The van der Waals surface area contributed by atoms with Gasteiger partial charge in [-0.05, 0) is 58.7 Å². The molecule has 0 spiro atoms. The van der Waals surface area contributed by atoms with Crippen molar-refractivity contribution in [1.29, 1.82) is 0 Å². The Morgan fingerprint density at radius 1 is 1.10 bits per heavy atom. The molecular weight excluding hydrogens is 418 g/mol. The van der Waals surface area contributed by atoms with E-state index in [1.807, 2.05) is 6.92 Å². The Morgan fingerprint density at radius 2 is 1.81 bits per heavy atom. The molecule has 1 aliphatic rings. The molecule has 1 aliphatic heterocycles. The van der Waals surface area contributed by atoms with Crippen LogP contribution in [0.2, 0.25) is 0 Å². The third-order valence-corrected chi connectivity index (χ3v) is 6.43. The second-order valence-electron chi connectivity index (χ2n) is 8.39. The smallest absolute Gasteiger partial charge is 0.407 e. The fourth-order valence-electron chi connectivity index (χ4n) is 3.61. The number of amides is 2. The number of nitrogens with zero attached hydrogens (tertiary/aromatic N) is 1. The van der Waals surface area contributed by atoms with Gasteiger partial charge in [0.1, 0.15) is 5.60 Å². The van der Waals surface area contributed by atoms with Gasteiger partial charge in [-0.15, -0.1) is 0 Å². The summed E-state index contributed by atoms with van der Waals surface area (Å²) in [5.41, 5.74) is 0.711. The summed E-state index contributed by atoms with van der Waals surface area (Å²) in [5, 5.41) is 3.87. The van der Waals surface area contributed by atoms with Crippen LogP contribution in [0.3, 0.4) is 0 Å². The zero-order chi connectivity index (χ0) is 22.8. The monoisotopic (exact) mass is 447 g/mol. The van der Waals surface area contributed by atoms with Gasteiger partial charge in [0, 0.05) is 36.0 Å². The Kier molecular flexibility index (Phi) is 6.56. The first-order valence-electron chi connectivity index (χ1n) is 10.4. The number of nitrogens with one attached hydrogen (secondary N) is 2. The van der Waals surface area contributed by atoms with Gasteiger partial charge in [-0.2, -0.15) is 0 Å². The van der Waals surface area contributed by atoms with Gasteiger partial charge in [0.2, 0.25) is 10.0 Å². The molecule has 0 radical (unpaired) electrons. The molecule has 2 amide bonds. The molecule has 2 N–H and O–H groups in total. The fourth-order valence-corrected chi connectivity index (χ4v) is 4.88. The molecule has 2 aromatic carbocycles. The fraction of sp³-hybridized carbons (Fsp3) is 0.455. The number of hydrogen-bond acceptors (Lipinski definition) is 5. The lowest BCUT2D eigenvalue weighted by Gasteiger charge is -2.19. The molecule has 168 valence electrons. The standard InChI is InChI=1S/C22H29N3O5S/c1-5-25-17-11-12-18(15-9-8-10-16(19(15)17)20(25)26)31(28,29)24-14-7-6-13-23-21(27)30-22(2,3)4/h8-12,24H,5-7,13-14H2,1-4H3,(H,23,27). The first kappa shape index (κ1) is 23.0. The van der Waals surface area contributed by atoms with E-state index in [0.717, 1.165) is 5.69 Å². The number of carbonyl (C=O) groups is 2. The predicted molar refractivity (Wildman–Crippen MR) is 120 cm³/mol. The highest BCUT2D eigenvalue weighted by Gasteiger charge is 2.31. The average molecular weight is 448 g/mol. The van der Waals surface area contributed by atoms with E-state index in [-0.39, 0.29) is 17.3 Å². The minimum absolute atomic E-state index is 0.108. The van der Waals surface area contributed by atoms with Crippen LogP contribution in [0.4, 0.5) is 10.5 Å². The minimum atomic E-state index is -3.75. The zero-order valence-corrected chi connectivity index (χ0v) is 19.1. The van der Waals surface area contributed by atoms with Crippen LogP contribution in [-0.4, -0.2) is 45.7 Å². The van der Waals surface area contributed by atoms with Crippen molar-refractivity contribution in [3.05, 3.63) is 35.9 Å². The summed E-state index contributed by atoms with van der Waals surface area (Å²) in [5.74, 6) is -0.108. The molecule has 0 atom stereocenters. The number of alkyl carbamates (subject to hydrolysis) is 1. The van der Waals surface area contributed by atoms with E-state index in [9.17, 15) is 18.0 Å². The second-order valence-corrected chi connectivity index (χ2v) is 10.1. The molecule has 8 nitrogen and oxygen atoms in total. The molecule has 9 heteroatoms. The largest absolute Gasteiger partial charge is 0.444 e. The first-order valence-corrected chi connectivity index (χ1v) is 11.9. The molecule has 3 rings (SSSR count). The third-order valence-electron chi connectivity index (χ3n) is 4.91. The van der Waals surface area contributed by atoms with Crippen molar-refractivity contribution in [2.24, 2.45) is 0 Å². The molecular formula is C22H29N3O5S. The minimum Gasteiger partial charge on any atom is -0.444 e. The average Bonchev–Trinajstić information content (AvgIpc) is 2.96. The van der Waals surface area contributed by atoms with Gasteiger partial charge >= 0.3 is 6.09 Å². The van der Waals surface area contributed by atoms with Crippen LogP contribution in [-0.2, 0) is 14.8 Å². The molecule has 0 saturated carbocycles. The van der Waals surface area contributed by atoms with Crippen molar-refractivity contribution in [3.63, 3.8) is 0 Å². The van der Waals surface area contributed by atoms with Crippen molar-refractivity contribution in [1.82, 2.24) is 10.0 Å². The van der Waals surface area contributed by atoms with Crippen molar-refractivity contribution in [2.75, 3.05) is 24.5 Å². The molecule has 0 bridgehead atoms. The summed E-state index contributed by atoms with van der Waals surface area (Å²) < 4.78 is 33.6. The number of benzene rings is 2. The Labute approximate surface area is 183 Å². The Balaban J connectivity index is 1.63. The normalized spacial score (nSPS) is 13.7. The maximum absolute atomic E-state index is 12.9. The van der Waals surface area contributed by atoms with Crippen molar-refractivity contribution >= 4 is 38.5 Å². The Bertz CT molecular complexity index is 1110. The van der Waals surface area contributed by atoms with E-state index in [4.69, 9.17) is 4.74 Å². The highest BCUT2D eigenvalue weighted by Crippen LogP contribution is 2.39. The molecule has 1 heterocycles. The summed E-state index contributed by atoms with van der Waals surface area (Å²) in [6, 6.07) is 8.41. The van der Waals surface area contributed by atoms with Gasteiger partial charge in [-0.3, -0.25) is 4.79 Å². The van der Waals surface area contributed by atoms with Crippen LogP contribution in [0.5, 0.6) is 0 Å². The number of sulfonamides is 1. The number of rotatable bonds is 8. The molecule has 0 aliphatic carbocycles. The van der Waals surface area contributed by atoms with Crippen LogP contribution in [0, 0.1) is 0 Å². The van der Waals surface area contributed by atoms with E-state index < -0.39 is 21.7 Å². The van der Waals surface area contributed by atoms with Crippen molar-refractivity contribution in [3.8, 4) is 0 Å². The summed E-state index contributed by atoms with van der Waals surface area (Å²) in [6.45, 7) is 8.41. The second kappa shape index (κ2) is 8.84. The zero-order valence-electron chi connectivity index (χ0n) is 18.3. The van der Waals surface area contributed by atoms with Gasteiger partial charge in [-0.1, -0.05) is 12.1 Å². The van der Waals surface area contributed by atoms with E-state index in [2.05, 4.69) is 10.0 Å². The van der Waals surface area contributed by atoms with Crippen molar-refractivity contribution < 1.29 is 22.7 Å². The lowest BCUT2D eigenvalue weighted by atomic mass is 10.1. The summed E-state index contributed by atoms with van der Waals surface area (Å²) in [4.78, 5) is 26.0. The van der Waals surface area contributed by atoms with E-state index in [1.54, 1.807) is 56.0 Å². The highest BCUT2D eigenvalue weighted by atomic mass is 32.2. The van der Waals surface area contributed by atoms with Gasteiger partial charge in [0.15, 0.2) is 0 Å². The lowest BCUT2D eigenvalue weighted by Crippen LogP contribution is -2.33. The Morgan fingerprint density at radius 3 is 2.48 bits per heavy atom. The molecule has 0 unspecified atom stereocenters. The molecule has 0 fully saturated rings. The number of carbonyl (C=O) groups excluding carboxylic acids is 2. The highest BCUT2D eigenvalue weighted by molar-refractivity contribution is 7.89. The molecule has 2 aromatic rings. The van der Waals surface area contributed by atoms with Crippen molar-refractivity contribution in [2.45, 2.75) is 51.0 Å². The third kappa shape index (κ3) is 4.99. The summed E-state index contributed by atoms with van der Waals surface area (Å²) >= 11 is 0. The van der Waals surface area contributed by atoms with Crippen LogP contribution in [0.1, 0.15) is 50.9 Å². The van der Waals surface area contributed by atoms with Crippen LogP contribution < -0.4 is 14.9 Å². The lowest BCUT2D eigenvalue weighted by molar-refractivity contribution is 0.0527. The topological polar surface area (TPSA) is 105 Å². The van der Waals surface area contributed by atoms with Gasteiger partial charge in [0.25, 0.3) is 5.91 Å². The number of unbranched alkanes of at least 4 members (excludes halogenated alkanes) is 1. The maximum atomic E-state index is 12.9. The Hall–Kier alpha value is -2.65. The van der Waals surface area contributed by atoms with Gasteiger partial charge in [0.05, 0.1) is 10.6 Å². The number of ether oxygens (including phenoxy) is 1. The number of hydrogen-bond donors (Lipinski definition) is 2. The van der Waals surface area contributed by atoms with Crippen LogP contribution in [0.25, 0.3) is 10.8 Å². The molecule has 0 aromatic heterocycles. The van der Waals surface area contributed by atoms with E-state index in [1.165, 1.54) is 0 Å². The summed E-state index contributed by atoms with van der Waals surface area (Å²) in [7, 11) is -3.75. The molecule has 31 heavy (non-hydrogen) atoms. The molecule has 0 saturated heterocycles. The summed E-state index contributed by atoms with van der Waals surface area (Å²) in [6.07, 6.45) is 0.667. The van der Waals surface area contributed by atoms with Gasteiger partial charge in [-0.25, -0.2) is 17.9 Å². The van der Waals surface area contributed by atoms with Crippen LogP contribution in [0.15, 0.2) is 35.2 Å². The van der Waals surface area contributed by atoms with Gasteiger partial charge < -0.3 is 15.0 Å². The maximum Gasteiger partial charge on any atom is 0.407 e. The van der Waals surface area contributed by atoms with Crippen LogP contribution >= 0.6 is 0 Å². The van der Waals surface area contributed by atoms with E-state index in [0.29, 0.717) is 42.3 Å². The first-order chi connectivity index (χ1) is 14.5. The van der Waals surface area contributed by atoms with E-state index >= 15 is 0 Å². The quantitative estimate of drug-likeness (QED) is 0.604.